The van der Waals surface area contributed by atoms with Crippen LogP contribution in [0.15, 0.2) is 12.7 Å². The molecule has 114 valence electrons. The smallest absolute Gasteiger partial charge is 0.245 e. The minimum absolute atomic E-state index is 0.0585. The highest BCUT2D eigenvalue weighted by Gasteiger charge is 2.27. The number of β-amino-alcohol motifs (C(OH)–C–C–N with tert-alkyl or cyclic N) is 1. The molecule has 0 saturated carbocycles. The first kappa shape index (κ1) is 16.7. The van der Waals surface area contributed by atoms with E-state index in [1.807, 2.05) is 0 Å². The van der Waals surface area contributed by atoms with Gasteiger partial charge in [-0.15, -0.1) is 6.58 Å². The summed E-state index contributed by atoms with van der Waals surface area (Å²) in [5, 5.41) is 12.0. The van der Waals surface area contributed by atoms with Crippen molar-refractivity contribution in [1.82, 2.24) is 15.1 Å². The number of carbonyl (C=O) groups excluding carboxylic acids is 2. The van der Waals surface area contributed by atoms with Crippen LogP contribution >= 0.6 is 0 Å². The van der Waals surface area contributed by atoms with E-state index >= 15 is 0 Å². The highest BCUT2D eigenvalue weighted by atomic mass is 16.3. The van der Waals surface area contributed by atoms with Crippen LogP contribution in [0.2, 0.25) is 0 Å². The number of rotatable bonds is 6. The Bertz CT molecular complexity index is 350. The molecule has 2 amide bonds. The van der Waals surface area contributed by atoms with E-state index in [9.17, 15) is 14.7 Å². The number of nitrogens with one attached hydrogen (secondary N) is 1. The van der Waals surface area contributed by atoms with Crippen molar-refractivity contribution in [3.63, 3.8) is 0 Å². The Kier molecular flexibility index (Phi) is 6.67. The molecule has 0 bridgehead atoms. The van der Waals surface area contributed by atoms with E-state index in [1.54, 1.807) is 17.9 Å². The molecular formula is C14H25N3O3. The standard InChI is InChI=1S/C14H25N3O3/c1-4-5-13(15-12(3)19)14(20)17-8-6-16(7-9-17)10-11(2)18/h4,11,13,18H,1,5-10H2,2-3H3,(H,15,19). The van der Waals surface area contributed by atoms with Gasteiger partial charge in [0.1, 0.15) is 6.04 Å². The summed E-state index contributed by atoms with van der Waals surface area (Å²) in [6.45, 7) is 10.2. The Morgan fingerprint density at radius 2 is 1.95 bits per heavy atom. The lowest BCUT2D eigenvalue weighted by Gasteiger charge is -2.36. The van der Waals surface area contributed by atoms with Gasteiger partial charge in [-0.25, -0.2) is 0 Å². The van der Waals surface area contributed by atoms with Crippen molar-refractivity contribution in [2.45, 2.75) is 32.4 Å². The zero-order valence-corrected chi connectivity index (χ0v) is 12.3. The number of amides is 2. The maximum atomic E-state index is 12.3. The van der Waals surface area contributed by atoms with Crippen molar-refractivity contribution < 1.29 is 14.7 Å². The van der Waals surface area contributed by atoms with Crippen LogP contribution in [-0.2, 0) is 9.59 Å². The van der Waals surface area contributed by atoms with E-state index in [1.165, 1.54) is 6.92 Å². The summed E-state index contributed by atoms with van der Waals surface area (Å²) in [6.07, 6.45) is 1.72. The lowest BCUT2D eigenvalue weighted by Crippen LogP contribution is -2.55. The van der Waals surface area contributed by atoms with Gasteiger partial charge in [-0.1, -0.05) is 6.08 Å². The molecule has 2 N–H and O–H groups in total. The van der Waals surface area contributed by atoms with E-state index in [-0.39, 0.29) is 17.9 Å². The molecule has 20 heavy (non-hydrogen) atoms. The van der Waals surface area contributed by atoms with Gasteiger partial charge in [0.05, 0.1) is 6.10 Å². The van der Waals surface area contributed by atoms with E-state index in [4.69, 9.17) is 0 Å². The highest BCUT2D eigenvalue weighted by Crippen LogP contribution is 2.07. The SMILES string of the molecule is C=CCC(NC(C)=O)C(=O)N1CCN(CC(C)O)CC1. The molecule has 1 rings (SSSR count). The number of nitrogens with zero attached hydrogens (tertiary/aromatic N) is 2. The fraction of sp³-hybridized carbons (Fsp3) is 0.714. The minimum atomic E-state index is -0.520. The molecule has 6 nitrogen and oxygen atoms in total. The first-order chi connectivity index (χ1) is 9.43. The van der Waals surface area contributed by atoms with Crippen molar-refractivity contribution >= 4 is 11.8 Å². The third-order valence-electron chi connectivity index (χ3n) is 3.28. The third kappa shape index (κ3) is 5.30. The van der Waals surface area contributed by atoms with Crippen LogP contribution in [-0.4, -0.2) is 71.6 Å². The summed E-state index contributed by atoms with van der Waals surface area (Å²) in [6, 6.07) is -0.520. The Labute approximate surface area is 120 Å². The summed E-state index contributed by atoms with van der Waals surface area (Å²) in [5.74, 6) is -0.269. The van der Waals surface area contributed by atoms with Crippen LogP contribution in [0.25, 0.3) is 0 Å². The fourth-order valence-electron chi connectivity index (χ4n) is 2.38. The molecule has 2 unspecified atom stereocenters. The normalized spacial score (nSPS) is 19.2. The van der Waals surface area contributed by atoms with Gasteiger partial charge in [0.25, 0.3) is 0 Å². The van der Waals surface area contributed by atoms with Crippen molar-refractivity contribution in [1.29, 1.82) is 0 Å². The zero-order chi connectivity index (χ0) is 15.1. The zero-order valence-electron chi connectivity index (χ0n) is 12.3. The lowest BCUT2D eigenvalue weighted by molar-refractivity contribution is -0.137. The Morgan fingerprint density at radius 1 is 1.35 bits per heavy atom. The summed E-state index contributed by atoms with van der Waals surface area (Å²) >= 11 is 0. The van der Waals surface area contributed by atoms with Gasteiger partial charge < -0.3 is 15.3 Å². The van der Waals surface area contributed by atoms with Gasteiger partial charge in [-0.3, -0.25) is 14.5 Å². The predicted molar refractivity (Wildman–Crippen MR) is 77.1 cm³/mol. The molecule has 1 aliphatic heterocycles. The van der Waals surface area contributed by atoms with Gasteiger partial charge in [0.15, 0.2) is 0 Å². The first-order valence-corrected chi connectivity index (χ1v) is 7.01. The van der Waals surface area contributed by atoms with Crippen LogP contribution in [0.1, 0.15) is 20.3 Å². The largest absolute Gasteiger partial charge is 0.392 e. The molecule has 0 aromatic rings. The number of aliphatic hydroxyl groups is 1. The number of aliphatic hydroxyl groups excluding tert-OH is 1. The van der Waals surface area contributed by atoms with Gasteiger partial charge >= 0.3 is 0 Å². The molecule has 2 atom stereocenters. The summed E-state index contributed by atoms with van der Waals surface area (Å²) < 4.78 is 0. The highest BCUT2D eigenvalue weighted by molar-refractivity contribution is 5.87. The second-order valence-electron chi connectivity index (χ2n) is 5.25. The van der Waals surface area contributed by atoms with Crippen LogP contribution in [0, 0.1) is 0 Å². The van der Waals surface area contributed by atoms with E-state index < -0.39 is 6.04 Å². The Balaban J connectivity index is 2.51. The van der Waals surface area contributed by atoms with E-state index in [2.05, 4.69) is 16.8 Å². The van der Waals surface area contributed by atoms with Gasteiger partial charge in [0, 0.05) is 39.6 Å². The molecule has 0 aromatic carbocycles. The van der Waals surface area contributed by atoms with E-state index in [0.29, 0.717) is 26.1 Å². The second-order valence-corrected chi connectivity index (χ2v) is 5.25. The number of hydrogen-bond donors (Lipinski definition) is 2. The molecule has 1 fully saturated rings. The van der Waals surface area contributed by atoms with Crippen LogP contribution in [0.5, 0.6) is 0 Å². The van der Waals surface area contributed by atoms with Crippen LogP contribution in [0.4, 0.5) is 0 Å². The molecule has 0 aliphatic carbocycles. The topological polar surface area (TPSA) is 72.9 Å². The molecule has 1 aliphatic rings. The monoisotopic (exact) mass is 283 g/mol. The van der Waals surface area contributed by atoms with Gasteiger partial charge in [0.2, 0.25) is 11.8 Å². The number of hydrogen-bond acceptors (Lipinski definition) is 4. The average molecular weight is 283 g/mol. The van der Waals surface area contributed by atoms with Crippen molar-refractivity contribution in [3.8, 4) is 0 Å². The molecule has 0 spiro atoms. The first-order valence-electron chi connectivity index (χ1n) is 7.01. The predicted octanol–water partition coefficient (Wildman–Crippen LogP) is -0.408. The Hall–Kier alpha value is -1.40. The van der Waals surface area contributed by atoms with E-state index in [0.717, 1.165) is 13.1 Å². The Morgan fingerprint density at radius 3 is 2.40 bits per heavy atom. The second kappa shape index (κ2) is 8.01. The van der Waals surface area contributed by atoms with Crippen LogP contribution < -0.4 is 5.32 Å². The van der Waals surface area contributed by atoms with Crippen molar-refractivity contribution in [2.24, 2.45) is 0 Å². The van der Waals surface area contributed by atoms with Crippen molar-refractivity contribution in [2.75, 3.05) is 32.7 Å². The van der Waals surface area contributed by atoms with Gasteiger partial charge in [-0.05, 0) is 13.3 Å². The maximum absolute atomic E-state index is 12.3. The molecular weight excluding hydrogens is 258 g/mol. The summed E-state index contributed by atoms with van der Waals surface area (Å²) in [5.41, 5.74) is 0. The van der Waals surface area contributed by atoms with Crippen molar-refractivity contribution in [3.05, 3.63) is 12.7 Å². The number of piperazine rings is 1. The minimum Gasteiger partial charge on any atom is -0.392 e. The lowest BCUT2D eigenvalue weighted by atomic mass is 10.1. The van der Waals surface area contributed by atoms with Gasteiger partial charge in [-0.2, -0.15) is 0 Å². The average Bonchev–Trinajstić information content (AvgIpc) is 2.37. The fourth-order valence-corrected chi connectivity index (χ4v) is 2.38. The summed E-state index contributed by atoms with van der Waals surface area (Å²) in [7, 11) is 0. The molecule has 1 heterocycles. The van der Waals surface area contributed by atoms with Crippen LogP contribution in [0.3, 0.4) is 0 Å². The molecule has 1 saturated heterocycles. The molecule has 0 radical (unpaired) electrons. The molecule has 0 aromatic heterocycles. The molecule has 6 heteroatoms. The quantitative estimate of drug-likeness (QED) is 0.650. The number of carbonyl (C=O) groups is 2. The maximum Gasteiger partial charge on any atom is 0.245 e. The summed E-state index contributed by atoms with van der Waals surface area (Å²) in [4.78, 5) is 27.4. The third-order valence-corrected chi connectivity index (χ3v) is 3.28.